The normalized spacial score (nSPS) is 11.0. The van der Waals surface area contributed by atoms with Crippen LogP contribution in [0.1, 0.15) is 15.9 Å². The highest BCUT2D eigenvalue weighted by Crippen LogP contribution is 2.24. The van der Waals surface area contributed by atoms with Crippen LogP contribution >= 0.6 is 23.8 Å². The summed E-state index contributed by atoms with van der Waals surface area (Å²) in [5, 5.41) is 8.16. The molecule has 6 nitrogen and oxygen atoms in total. The predicted molar refractivity (Wildman–Crippen MR) is 134 cm³/mol. The van der Waals surface area contributed by atoms with E-state index < -0.39 is 0 Å². The van der Waals surface area contributed by atoms with Gasteiger partial charge in [0.1, 0.15) is 0 Å². The Hall–Kier alpha value is -3.26. The first-order valence-corrected chi connectivity index (χ1v) is 11.3. The van der Waals surface area contributed by atoms with E-state index >= 15 is 0 Å². The lowest BCUT2D eigenvalue weighted by Gasteiger charge is -2.16. The Kier molecular flexibility index (Phi) is 7.03. The number of aromatic nitrogens is 3. The SMILES string of the molecule is CNC(=O)c1ccc(CN(C)Cn2nc(-c3ccc(Cl)cc3)n(-c3ccccc3)c2=S)cc1. The zero-order valence-electron chi connectivity index (χ0n) is 18.4. The summed E-state index contributed by atoms with van der Waals surface area (Å²) in [5.41, 5.74) is 3.61. The molecule has 0 unspecified atom stereocenters. The zero-order chi connectivity index (χ0) is 23.4. The van der Waals surface area contributed by atoms with Crippen molar-refractivity contribution >= 4 is 29.7 Å². The fourth-order valence-electron chi connectivity index (χ4n) is 3.59. The van der Waals surface area contributed by atoms with Crippen molar-refractivity contribution in [2.24, 2.45) is 0 Å². The van der Waals surface area contributed by atoms with Crippen molar-refractivity contribution < 1.29 is 4.79 Å². The van der Waals surface area contributed by atoms with Crippen LogP contribution in [0.5, 0.6) is 0 Å². The molecule has 0 atom stereocenters. The molecule has 168 valence electrons. The van der Waals surface area contributed by atoms with E-state index in [9.17, 15) is 4.79 Å². The van der Waals surface area contributed by atoms with Gasteiger partial charge in [0.05, 0.1) is 6.67 Å². The van der Waals surface area contributed by atoms with E-state index in [0.29, 0.717) is 28.6 Å². The highest BCUT2D eigenvalue weighted by molar-refractivity contribution is 7.71. The van der Waals surface area contributed by atoms with Crippen LogP contribution in [0.2, 0.25) is 5.02 Å². The van der Waals surface area contributed by atoms with Crippen LogP contribution in [0, 0.1) is 4.77 Å². The van der Waals surface area contributed by atoms with E-state index in [0.717, 1.165) is 22.6 Å². The van der Waals surface area contributed by atoms with Gasteiger partial charge in [-0.15, -0.1) is 5.10 Å². The third kappa shape index (κ3) is 5.22. The summed E-state index contributed by atoms with van der Waals surface area (Å²) < 4.78 is 4.41. The van der Waals surface area contributed by atoms with Gasteiger partial charge < -0.3 is 5.32 Å². The van der Waals surface area contributed by atoms with Gasteiger partial charge in [-0.2, -0.15) is 0 Å². The quantitative estimate of drug-likeness (QED) is 0.373. The van der Waals surface area contributed by atoms with E-state index in [4.69, 9.17) is 28.9 Å². The molecule has 0 saturated heterocycles. The fraction of sp³-hybridized carbons (Fsp3) is 0.160. The van der Waals surface area contributed by atoms with Crippen LogP contribution in [-0.2, 0) is 13.2 Å². The molecule has 0 saturated carbocycles. The lowest BCUT2D eigenvalue weighted by Crippen LogP contribution is -2.23. The molecular formula is C25H24ClN5OS. The van der Waals surface area contributed by atoms with E-state index in [-0.39, 0.29) is 5.91 Å². The average molecular weight is 478 g/mol. The minimum atomic E-state index is -0.0950. The van der Waals surface area contributed by atoms with E-state index in [1.165, 1.54) is 0 Å². The first-order chi connectivity index (χ1) is 16.0. The van der Waals surface area contributed by atoms with Gasteiger partial charge >= 0.3 is 0 Å². The average Bonchev–Trinajstić information content (AvgIpc) is 3.15. The highest BCUT2D eigenvalue weighted by Gasteiger charge is 2.16. The van der Waals surface area contributed by atoms with Gasteiger partial charge in [-0.05, 0) is 73.4 Å². The summed E-state index contributed by atoms with van der Waals surface area (Å²) in [7, 11) is 3.64. The molecule has 1 amide bonds. The van der Waals surface area contributed by atoms with E-state index in [1.807, 2.05) is 95.2 Å². The number of benzene rings is 3. The van der Waals surface area contributed by atoms with Crippen molar-refractivity contribution in [3.05, 3.63) is 99.8 Å². The third-order valence-electron chi connectivity index (χ3n) is 5.23. The molecule has 3 aromatic carbocycles. The molecule has 0 aliphatic heterocycles. The Morgan fingerprint density at radius 2 is 1.70 bits per heavy atom. The number of para-hydroxylation sites is 1. The van der Waals surface area contributed by atoms with E-state index in [1.54, 1.807) is 7.05 Å². The summed E-state index contributed by atoms with van der Waals surface area (Å²) in [6, 6.07) is 25.1. The van der Waals surface area contributed by atoms with Crippen LogP contribution in [0.15, 0.2) is 78.9 Å². The summed E-state index contributed by atoms with van der Waals surface area (Å²) in [4.78, 5) is 13.9. The minimum absolute atomic E-state index is 0.0950. The number of nitrogens with one attached hydrogen (secondary N) is 1. The first kappa shape index (κ1) is 22.9. The van der Waals surface area contributed by atoms with Gasteiger partial charge in [-0.25, -0.2) is 4.68 Å². The number of rotatable bonds is 7. The molecule has 0 aliphatic carbocycles. The Balaban J connectivity index is 1.62. The summed E-state index contributed by atoms with van der Waals surface area (Å²) in [6.07, 6.45) is 0. The number of hydrogen-bond donors (Lipinski definition) is 1. The Bertz CT molecular complexity index is 1300. The molecule has 0 spiro atoms. The third-order valence-corrected chi connectivity index (χ3v) is 5.87. The summed E-state index contributed by atoms with van der Waals surface area (Å²) >= 11 is 11.9. The maximum atomic E-state index is 11.8. The fourth-order valence-corrected chi connectivity index (χ4v) is 4.01. The van der Waals surface area contributed by atoms with Gasteiger partial charge in [0.25, 0.3) is 5.91 Å². The first-order valence-electron chi connectivity index (χ1n) is 10.5. The van der Waals surface area contributed by atoms with Crippen LogP contribution < -0.4 is 5.32 Å². The molecular weight excluding hydrogens is 454 g/mol. The van der Waals surface area contributed by atoms with Gasteiger partial charge in [0, 0.05) is 35.4 Å². The highest BCUT2D eigenvalue weighted by atomic mass is 35.5. The van der Waals surface area contributed by atoms with E-state index in [2.05, 4.69) is 10.2 Å². The molecule has 8 heteroatoms. The lowest BCUT2D eigenvalue weighted by atomic mass is 10.1. The van der Waals surface area contributed by atoms with Crippen molar-refractivity contribution in [2.45, 2.75) is 13.2 Å². The largest absolute Gasteiger partial charge is 0.355 e. The molecule has 0 radical (unpaired) electrons. The topological polar surface area (TPSA) is 55.1 Å². The maximum Gasteiger partial charge on any atom is 0.251 e. The van der Waals surface area contributed by atoms with Crippen LogP contribution in [-0.4, -0.2) is 39.3 Å². The molecule has 1 aromatic heterocycles. The predicted octanol–water partition coefficient (Wildman–Crippen LogP) is 5.17. The molecule has 4 aromatic rings. The second-order valence-corrected chi connectivity index (χ2v) is 8.52. The zero-order valence-corrected chi connectivity index (χ0v) is 20.0. The Morgan fingerprint density at radius 3 is 2.33 bits per heavy atom. The molecule has 0 aliphatic rings. The number of halogens is 1. The number of nitrogens with zero attached hydrogens (tertiary/aromatic N) is 4. The summed E-state index contributed by atoms with van der Waals surface area (Å²) in [6.45, 7) is 1.20. The summed E-state index contributed by atoms with van der Waals surface area (Å²) in [5.74, 6) is 0.661. The van der Waals surface area contributed by atoms with Crippen molar-refractivity contribution in [3.63, 3.8) is 0 Å². The van der Waals surface area contributed by atoms with Gasteiger partial charge in [-0.3, -0.25) is 14.3 Å². The monoisotopic (exact) mass is 477 g/mol. The smallest absolute Gasteiger partial charge is 0.251 e. The van der Waals surface area contributed by atoms with Crippen LogP contribution in [0.25, 0.3) is 17.1 Å². The Morgan fingerprint density at radius 1 is 1.03 bits per heavy atom. The van der Waals surface area contributed by atoms with Crippen molar-refractivity contribution in [1.82, 2.24) is 24.6 Å². The maximum absolute atomic E-state index is 11.8. The number of carbonyl (C=O) groups is 1. The van der Waals surface area contributed by atoms with Crippen molar-refractivity contribution in [2.75, 3.05) is 14.1 Å². The second kappa shape index (κ2) is 10.1. The molecule has 33 heavy (non-hydrogen) atoms. The molecule has 1 heterocycles. The molecule has 4 rings (SSSR count). The Labute approximate surface area is 203 Å². The van der Waals surface area contributed by atoms with Gasteiger partial charge in [0.2, 0.25) is 4.77 Å². The standard InChI is InChI=1S/C25H24ClN5OS/c1-27-24(32)20-10-8-18(9-11-20)16-29(2)17-30-25(33)31(22-6-4-3-5-7-22)23(28-30)19-12-14-21(26)15-13-19/h3-15H,16-17H2,1-2H3,(H,27,32). The number of amides is 1. The van der Waals surface area contributed by atoms with Crippen LogP contribution in [0.3, 0.4) is 0 Å². The molecule has 0 fully saturated rings. The van der Waals surface area contributed by atoms with Gasteiger partial charge in [-0.1, -0.05) is 41.9 Å². The van der Waals surface area contributed by atoms with Crippen LogP contribution in [0.4, 0.5) is 0 Å². The van der Waals surface area contributed by atoms with Gasteiger partial charge in [0.15, 0.2) is 5.82 Å². The van der Waals surface area contributed by atoms with Crippen molar-refractivity contribution in [1.29, 1.82) is 0 Å². The molecule has 1 N–H and O–H groups in total. The second-order valence-electron chi connectivity index (χ2n) is 7.72. The minimum Gasteiger partial charge on any atom is -0.355 e. The lowest BCUT2D eigenvalue weighted by molar-refractivity contribution is 0.0963. The van der Waals surface area contributed by atoms with Crippen molar-refractivity contribution in [3.8, 4) is 17.1 Å². The number of carbonyl (C=O) groups excluding carboxylic acids is 1. The molecule has 0 bridgehead atoms. The number of hydrogen-bond acceptors (Lipinski definition) is 4.